The molecule has 5 heteroatoms. The highest BCUT2D eigenvalue weighted by Crippen LogP contribution is 2.17. The molecule has 1 aromatic carbocycles. The van der Waals surface area contributed by atoms with Gasteiger partial charge in [-0.05, 0) is 34.7 Å². The number of hydrogen-bond donors (Lipinski definition) is 2. The maximum atomic E-state index is 11.9. The number of aromatic amines is 1. The maximum Gasteiger partial charge on any atom is 0.261 e. The van der Waals surface area contributed by atoms with E-state index in [-0.39, 0.29) is 11.0 Å². The molecule has 2 N–H and O–H groups in total. The quantitative estimate of drug-likeness (QED) is 0.824. The van der Waals surface area contributed by atoms with Gasteiger partial charge in [0.2, 0.25) is 0 Å². The molecule has 2 aromatic rings. The van der Waals surface area contributed by atoms with Crippen LogP contribution in [0.25, 0.3) is 0 Å². The fourth-order valence-electron chi connectivity index (χ4n) is 1.35. The molecule has 0 atom stereocenters. The number of H-pyrrole nitrogens is 1. The summed E-state index contributed by atoms with van der Waals surface area (Å²) in [5.74, 6) is -0.407. The molecule has 0 fully saturated rings. The molecule has 1 amide bonds. The highest BCUT2D eigenvalue weighted by molar-refractivity contribution is 14.1. The van der Waals surface area contributed by atoms with Crippen molar-refractivity contribution in [1.29, 1.82) is 0 Å². The molecule has 0 aliphatic rings. The van der Waals surface area contributed by atoms with Crippen LogP contribution >= 0.6 is 22.6 Å². The zero-order valence-corrected chi connectivity index (χ0v) is 10.9. The number of carbonyl (C=O) groups excluding carboxylic acids is 1. The second kappa shape index (κ2) is 5.13. The smallest absolute Gasteiger partial charge is 0.261 e. The van der Waals surface area contributed by atoms with E-state index in [9.17, 15) is 9.59 Å². The van der Waals surface area contributed by atoms with Gasteiger partial charge in [-0.3, -0.25) is 9.59 Å². The Labute approximate surface area is 111 Å². The first-order valence-electron chi connectivity index (χ1n) is 4.91. The lowest BCUT2D eigenvalue weighted by atomic mass is 10.2. The number of anilines is 1. The Bertz CT molecular complexity index is 607. The number of benzene rings is 1. The van der Waals surface area contributed by atoms with Crippen molar-refractivity contribution in [2.75, 3.05) is 5.32 Å². The van der Waals surface area contributed by atoms with Crippen LogP contribution in [0.5, 0.6) is 0 Å². The predicted octanol–water partition coefficient (Wildman–Crippen LogP) is 2.23. The predicted molar refractivity (Wildman–Crippen MR) is 74.2 cm³/mol. The average Bonchev–Trinajstić information content (AvgIpc) is 2.32. The fourth-order valence-corrected chi connectivity index (χ4v) is 1.87. The van der Waals surface area contributed by atoms with Gasteiger partial charge in [-0.2, -0.15) is 0 Å². The van der Waals surface area contributed by atoms with Crippen molar-refractivity contribution >= 4 is 34.2 Å². The summed E-state index contributed by atoms with van der Waals surface area (Å²) in [5, 5.41) is 2.70. The van der Waals surface area contributed by atoms with Crippen LogP contribution in [0.4, 0.5) is 5.69 Å². The zero-order valence-electron chi connectivity index (χ0n) is 8.74. The van der Waals surface area contributed by atoms with Gasteiger partial charge in [0, 0.05) is 22.0 Å². The average molecular weight is 340 g/mol. The minimum Gasteiger partial charge on any atom is -0.367 e. The lowest BCUT2D eigenvalue weighted by molar-refractivity contribution is 0.102. The van der Waals surface area contributed by atoms with Gasteiger partial charge in [0.1, 0.15) is 5.56 Å². The SMILES string of the molecule is O=C(Nc1ccccc1I)c1c[nH]ccc1=O. The van der Waals surface area contributed by atoms with Crippen LogP contribution in [0, 0.1) is 3.57 Å². The number of hydrogen-bond acceptors (Lipinski definition) is 2. The number of amides is 1. The third kappa shape index (κ3) is 2.73. The Morgan fingerprint density at radius 3 is 2.71 bits per heavy atom. The van der Waals surface area contributed by atoms with Crippen molar-refractivity contribution in [2.45, 2.75) is 0 Å². The Balaban J connectivity index is 2.27. The molecule has 0 radical (unpaired) electrons. The number of carbonyl (C=O) groups is 1. The summed E-state index contributed by atoms with van der Waals surface area (Å²) in [6.45, 7) is 0. The second-order valence-corrected chi connectivity index (χ2v) is 4.52. The number of para-hydroxylation sites is 1. The van der Waals surface area contributed by atoms with Crippen molar-refractivity contribution in [3.63, 3.8) is 0 Å². The number of pyridine rings is 1. The molecule has 0 saturated carbocycles. The van der Waals surface area contributed by atoms with E-state index >= 15 is 0 Å². The number of rotatable bonds is 2. The molecular formula is C12H9IN2O2. The maximum absolute atomic E-state index is 11.9. The molecule has 0 aliphatic heterocycles. The van der Waals surface area contributed by atoms with Crippen molar-refractivity contribution in [3.8, 4) is 0 Å². The minimum atomic E-state index is -0.407. The molecule has 4 nitrogen and oxygen atoms in total. The van der Waals surface area contributed by atoms with Gasteiger partial charge in [-0.15, -0.1) is 0 Å². The van der Waals surface area contributed by atoms with Crippen molar-refractivity contribution in [3.05, 3.63) is 62.1 Å². The lowest BCUT2D eigenvalue weighted by Crippen LogP contribution is -2.21. The first kappa shape index (κ1) is 11.8. The summed E-state index contributed by atoms with van der Waals surface area (Å²) in [6.07, 6.45) is 2.89. The zero-order chi connectivity index (χ0) is 12.3. The fraction of sp³-hybridized carbons (Fsp3) is 0. The van der Waals surface area contributed by atoms with Gasteiger partial charge in [0.15, 0.2) is 5.43 Å². The van der Waals surface area contributed by atoms with E-state index in [2.05, 4.69) is 32.9 Å². The first-order chi connectivity index (χ1) is 8.18. The summed E-state index contributed by atoms with van der Waals surface area (Å²) in [7, 11) is 0. The van der Waals surface area contributed by atoms with Crippen molar-refractivity contribution in [2.24, 2.45) is 0 Å². The molecular weight excluding hydrogens is 331 g/mol. The largest absolute Gasteiger partial charge is 0.367 e. The molecule has 86 valence electrons. The van der Waals surface area contributed by atoms with E-state index in [1.165, 1.54) is 18.5 Å². The Hall–Kier alpha value is -1.63. The normalized spacial score (nSPS) is 9.94. The molecule has 0 unspecified atom stereocenters. The number of aromatic nitrogens is 1. The van der Waals surface area contributed by atoms with Gasteiger partial charge >= 0.3 is 0 Å². The van der Waals surface area contributed by atoms with E-state index in [1.807, 2.05) is 18.2 Å². The summed E-state index contributed by atoms with van der Waals surface area (Å²) in [4.78, 5) is 26.0. The topological polar surface area (TPSA) is 62.0 Å². The van der Waals surface area contributed by atoms with Gasteiger partial charge < -0.3 is 10.3 Å². The third-order valence-electron chi connectivity index (χ3n) is 2.19. The van der Waals surface area contributed by atoms with Crippen LogP contribution in [-0.2, 0) is 0 Å². The summed E-state index contributed by atoms with van der Waals surface area (Å²) in [6, 6.07) is 8.70. The highest BCUT2D eigenvalue weighted by atomic mass is 127. The second-order valence-electron chi connectivity index (χ2n) is 3.36. The van der Waals surface area contributed by atoms with Crippen LogP contribution in [0.1, 0.15) is 10.4 Å². The van der Waals surface area contributed by atoms with Crippen LogP contribution in [-0.4, -0.2) is 10.9 Å². The molecule has 0 spiro atoms. The standard InChI is InChI=1S/C12H9IN2O2/c13-9-3-1-2-4-10(9)15-12(17)8-7-14-6-5-11(8)16/h1-7H,(H,14,16)(H,15,17). The van der Waals surface area contributed by atoms with Gasteiger partial charge in [0.05, 0.1) is 5.69 Å². The molecule has 0 bridgehead atoms. The monoisotopic (exact) mass is 340 g/mol. The summed E-state index contributed by atoms with van der Waals surface area (Å²) < 4.78 is 0.922. The minimum absolute atomic E-state index is 0.104. The van der Waals surface area contributed by atoms with Crippen LogP contribution in [0.2, 0.25) is 0 Å². The Kier molecular flexibility index (Phi) is 3.58. The van der Waals surface area contributed by atoms with Crippen molar-refractivity contribution < 1.29 is 4.79 Å². The first-order valence-corrected chi connectivity index (χ1v) is 5.99. The summed E-state index contributed by atoms with van der Waals surface area (Å²) >= 11 is 2.12. The summed E-state index contributed by atoms with van der Waals surface area (Å²) in [5.41, 5.74) is 0.501. The van der Waals surface area contributed by atoms with Gasteiger partial charge in [-0.25, -0.2) is 0 Å². The lowest BCUT2D eigenvalue weighted by Gasteiger charge is -2.06. The van der Waals surface area contributed by atoms with Crippen molar-refractivity contribution in [1.82, 2.24) is 4.98 Å². The molecule has 0 saturated heterocycles. The van der Waals surface area contributed by atoms with Crippen LogP contribution < -0.4 is 10.7 Å². The van der Waals surface area contributed by atoms with E-state index in [1.54, 1.807) is 6.07 Å². The molecule has 1 aromatic heterocycles. The number of halogens is 1. The number of nitrogens with one attached hydrogen (secondary N) is 2. The van der Waals surface area contributed by atoms with E-state index in [0.29, 0.717) is 5.69 Å². The third-order valence-corrected chi connectivity index (χ3v) is 3.13. The van der Waals surface area contributed by atoms with Crippen LogP contribution in [0.15, 0.2) is 47.5 Å². The van der Waals surface area contributed by atoms with Gasteiger partial charge in [-0.1, -0.05) is 12.1 Å². The molecule has 1 heterocycles. The molecule has 2 rings (SSSR count). The Morgan fingerprint density at radius 1 is 1.24 bits per heavy atom. The van der Waals surface area contributed by atoms with E-state index in [4.69, 9.17) is 0 Å². The Morgan fingerprint density at radius 2 is 2.00 bits per heavy atom. The van der Waals surface area contributed by atoms with E-state index in [0.717, 1.165) is 3.57 Å². The van der Waals surface area contributed by atoms with E-state index < -0.39 is 5.91 Å². The van der Waals surface area contributed by atoms with Gasteiger partial charge in [0.25, 0.3) is 5.91 Å². The molecule has 17 heavy (non-hydrogen) atoms. The molecule has 0 aliphatic carbocycles. The van der Waals surface area contributed by atoms with Crippen LogP contribution in [0.3, 0.4) is 0 Å². The highest BCUT2D eigenvalue weighted by Gasteiger charge is 2.10.